The van der Waals surface area contributed by atoms with E-state index in [2.05, 4.69) is 0 Å². The van der Waals surface area contributed by atoms with Crippen LogP contribution in [0.25, 0.3) is 0 Å². The van der Waals surface area contributed by atoms with Crippen LogP contribution in [-0.4, -0.2) is 0 Å². The zero-order chi connectivity index (χ0) is 15.6. The van der Waals surface area contributed by atoms with Gasteiger partial charge in [-0.15, -0.1) is 0 Å². The fourth-order valence-corrected chi connectivity index (χ4v) is 2.78. The van der Waals surface area contributed by atoms with E-state index in [9.17, 15) is 9.46 Å². The molecule has 0 atom stereocenters. The van der Waals surface area contributed by atoms with Crippen molar-refractivity contribution in [1.29, 1.82) is 0 Å². The summed E-state index contributed by atoms with van der Waals surface area (Å²) in [5, 5.41) is 0. The Hall–Kier alpha value is -0.770. The summed E-state index contributed by atoms with van der Waals surface area (Å²) >= 11 is 0. The molecule has 0 heterocycles. The van der Waals surface area contributed by atoms with Crippen LogP contribution in [0.15, 0.2) is 36.4 Å². The number of phosphoric acid groups is 1. The summed E-state index contributed by atoms with van der Waals surface area (Å²) in [5.74, 6) is 0.581. The van der Waals surface area contributed by atoms with Gasteiger partial charge in [0.1, 0.15) is 11.5 Å². The number of hydrogen-bond acceptors (Lipinski definition) is 4. The second kappa shape index (κ2) is 7.67. The molecule has 0 aliphatic rings. The molecule has 0 aliphatic carbocycles. The normalized spacial score (nSPS) is 10.8. The second-order valence-electron chi connectivity index (χ2n) is 5.17. The van der Waals surface area contributed by atoms with Gasteiger partial charge < -0.3 is 13.9 Å². The maximum atomic E-state index is 12.1. The van der Waals surface area contributed by atoms with E-state index in [0.717, 1.165) is 22.3 Å². The molecule has 6 heteroatoms. The number of rotatable bonds is 4. The summed E-state index contributed by atoms with van der Waals surface area (Å²) in [6.45, 7) is 7.31. The van der Waals surface area contributed by atoms with E-state index < -0.39 is 7.82 Å². The quantitative estimate of drug-likeness (QED) is 0.617. The predicted octanol–water partition coefficient (Wildman–Crippen LogP) is 0.850. The van der Waals surface area contributed by atoms with Gasteiger partial charge in [0.15, 0.2) is 0 Å². The molecule has 0 unspecified atom stereocenters. The van der Waals surface area contributed by atoms with Crippen LogP contribution in [0.2, 0.25) is 0 Å². The van der Waals surface area contributed by atoms with Crippen molar-refractivity contribution in [3.05, 3.63) is 58.7 Å². The molecule has 2 aromatic rings. The number of benzene rings is 2. The van der Waals surface area contributed by atoms with Gasteiger partial charge in [-0.25, -0.2) is 4.57 Å². The van der Waals surface area contributed by atoms with Gasteiger partial charge in [0.05, 0.1) is 0 Å². The van der Waals surface area contributed by atoms with Crippen LogP contribution in [0, 0.1) is 27.7 Å². The summed E-state index contributed by atoms with van der Waals surface area (Å²) in [6.07, 6.45) is 0. The first-order valence-corrected chi connectivity index (χ1v) is 8.08. The largest absolute Gasteiger partial charge is 1.00 e. The van der Waals surface area contributed by atoms with Crippen molar-refractivity contribution in [2.75, 3.05) is 0 Å². The molecule has 0 aliphatic heterocycles. The summed E-state index contributed by atoms with van der Waals surface area (Å²) in [4.78, 5) is 12.1. The summed E-state index contributed by atoms with van der Waals surface area (Å²) < 4.78 is 22.3. The molecule has 2 aromatic carbocycles. The van der Waals surface area contributed by atoms with E-state index in [1.54, 1.807) is 26.0 Å². The minimum Gasteiger partial charge on any atom is -0.736 e. The van der Waals surface area contributed by atoms with Crippen LogP contribution >= 0.6 is 7.82 Å². The zero-order valence-electron chi connectivity index (χ0n) is 13.5. The number of aryl methyl sites for hydroxylation is 4. The molecule has 0 saturated heterocycles. The standard InChI is InChI=1S/C16H19O4P.Na/c1-11-5-7-13(3)15(9-11)19-21(17,18)20-16-10-12(2)6-8-14(16)4;/h5-10H,1-4H3,(H,17,18);/q;+1/p-1. The van der Waals surface area contributed by atoms with E-state index in [1.807, 2.05) is 38.1 Å². The molecule has 0 bridgehead atoms. The Morgan fingerprint density at radius 2 is 1.18 bits per heavy atom. The fourth-order valence-electron chi connectivity index (χ4n) is 1.87. The second-order valence-corrected chi connectivity index (χ2v) is 6.43. The average molecular weight is 328 g/mol. The molecule has 0 aromatic heterocycles. The molecule has 0 N–H and O–H groups in total. The molecular weight excluding hydrogens is 310 g/mol. The van der Waals surface area contributed by atoms with Crippen molar-refractivity contribution in [3.8, 4) is 11.5 Å². The maximum Gasteiger partial charge on any atom is 1.00 e. The van der Waals surface area contributed by atoms with Gasteiger partial charge in [0.25, 0.3) is 0 Å². The van der Waals surface area contributed by atoms with Crippen LogP contribution in [0.1, 0.15) is 22.3 Å². The predicted molar refractivity (Wildman–Crippen MR) is 80.7 cm³/mol. The third-order valence-electron chi connectivity index (χ3n) is 3.11. The Morgan fingerprint density at radius 1 is 0.818 bits per heavy atom. The summed E-state index contributed by atoms with van der Waals surface area (Å²) in [5.41, 5.74) is 3.31. The zero-order valence-corrected chi connectivity index (χ0v) is 16.4. The smallest absolute Gasteiger partial charge is 0.736 e. The molecule has 112 valence electrons. The van der Waals surface area contributed by atoms with Crippen LogP contribution in [0.3, 0.4) is 0 Å². The number of hydrogen-bond donors (Lipinski definition) is 0. The molecule has 0 fully saturated rings. The first-order chi connectivity index (χ1) is 9.77. The Morgan fingerprint density at radius 3 is 1.55 bits per heavy atom. The molecule has 0 radical (unpaired) electrons. The minimum atomic E-state index is -4.48. The van der Waals surface area contributed by atoms with E-state index in [1.165, 1.54) is 0 Å². The van der Waals surface area contributed by atoms with Crippen molar-refractivity contribution in [2.24, 2.45) is 0 Å². The SMILES string of the molecule is Cc1ccc(C)c(OP(=O)([O-])Oc2cc(C)ccc2C)c1.[Na+]. The van der Waals surface area contributed by atoms with Gasteiger partial charge in [-0.1, -0.05) is 24.3 Å². The fraction of sp³-hybridized carbons (Fsp3) is 0.250. The van der Waals surface area contributed by atoms with Crippen molar-refractivity contribution >= 4 is 7.82 Å². The summed E-state index contributed by atoms with van der Waals surface area (Å²) in [6, 6.07) is 10.7. The topological polar surface area (TPSA) is 58.6 Å². The first-order valence-electron chi connectivity index (χ1n) is 6.61. The molecule has 4 nitrogen and oxygen atoms in total. The average Bonchev–Trinajstić information content (AvgIpc) is 2.37. The van der Waals surface area contributed by atoms with E-state index in [4.69, 9.17) is 9.05 Å². The Bertz CT molecular complexity index is 658. The summed E-state index contributed by atoms with van der Waals surface area (Å²) in [7, 11) is -4.48. The molecule has 22 heavy (non-hydrogen) atoms. The van der Waals surface area contributed by atoms with Crippen molar-refractivity contribution in [2.45, 2.75) is 27.7 Å². The maximum absolute atomic E-state index is 12.1. The first kappa shape index (κ1) is 19.3. The van der Waals surface area contributed by atoms with Crippen LogP contribution < -0.4 is 43.5 Å². The van der Waals surface area contributed by atoms with Crippen molar-refractivity contribution in [3.63, 3.8) is 0 Å². The van der Waals surface area contributed by atoms with Gasteiger partial charge in [-0.3, -0.25) is 0 Å². The van der Waals surface area contributed by atoms with E-state index >= 15 is 0 Å². The van der Waals surface area contributed by atoms with Gasteiger partial charge in [-0.2, -0.15) is 0 Å². The molecule has 0 saturated carbocycles. The van der Waals surface area contributed by atoms with Crippen LogP contribution in [0.4, 0.5) is 0 Å². The van der Waals surface area contributed by atoms with Gasteiger partial charge in [-0.05, 0) is 62.1 Å². The third-order valence-corrected chi connectivity index (χ3v) is 3.95. The molecular formula is C16H18NaO4P. The molecule has 0 spiro atoms. The van der Waals surface area contributed by atoms with Gasteiger partial charge in [0.2, 0.25) is 0 Å². The molecule has 0 amide bonds. The third kappa shape index (κ3) is 5.15. The molecule has 2 rings (SSSR count). The van der Waals surface area contributed by atoms with Gasteiger partial charge >= 0.3 is 37.4 Å². The Labute approximate surface area is 153 Å². The van der Waals surface area contributed by atoms with E-state index in [0.29, 0.717) is 11.5 Å². The minimum absolute atomic E-state index is 0. The van der Waals surface area contributed by atoms with Crippen molar-refractivity contribution < 1.29 is 48.1 Å². The Kier molecular flexibility index (Phi) is 6.72. The monoisotopic (exact) mass is 328 g/mol. The Balaban J connectivity index is 0.00000242. The van der Waals surface area contributed by atoms with Crippen LogP contribution in [-0.2, 0) is 4.57 Å². The van der Waals surface area contributed by atoms with Crippen LogP contribution in [0.5, 0.6) is 11.5 Å². The van der Waals surface area contributed by atoms with E-state index in [-0.39, 0.29) is 29.6 Å². The van der Waals surface area contributed by atoms with Crippen molar-refractivity contribution in [1.82, 2.24) is 0 Å². The number of phosphoric ester groups is 1. The van der Waals surface area contributed by atoms with Gasteiger partial charge in [0, 0.05) is 0 Å².